The minimum absolute atomic E-state index is 0.192. The fourth-order valence-corrected chi connectivity index (χ4v) is 3.87. The van der Waals surface area contributed by atoms with Crippen LogP contribution in [0.5, 0.6) is 0 Å². The summed E-state index contributed by atoms with van der Waals surface area (Å²) >= 11 is 0. The number of aliphatic hydroxyl groups is 1. The van der Waals surface area contributed by atoms with Crippen molar-refractivity contribution in [2.24, 2.45) is 0 Å². The van der Waals surface area contributed by atoms with Gasteiger partial charge in [-0.3, -0.25) is 4.98 Å². The molecule has 1 aliphatic carbocycles. The normalized spacial score (nSPS) is 18.2. The number of aromatic nitrogens is 1. The highest BCUT2D eigenvalue weighted by molar-refractivity contribution is 6.46. The lowest BCUT2D eigenvalue weighted by Crippen LogP contribution is -2.49. The number of rotatable bonds is 5. The van der Waals surface area contributed by atoms with Crippen LogP contribution in [-0.4, -0.2) is 28.8 Å². The topological polar surface area (TPSA) is 42.4 Å². The maximum atomic E-state index is 10.3. The number of fused-ring (bicyclic) bond motifs is 1. The van der Waals surface area contributed by atoms with E-state index in [9.17, 15) is 5.11 Å². The van der Waals surface area contributed by atoms with E-state index < -0.39 is 11.2 Å². The van der Waals surface area contributed by atoms with Crippen LogP contribution in [0.4, 0.5) is 0 Å². The van der Waals surface area contributed by atoms with E-state index in [1.165, 1.54) is 29.5 Å². The van der Waals surface area contributed by atoms with Gasteiger partial charge in [0.2, 0.25) is 0 Å². The molecule has 3 nitrogen and oxygen atoms in total. The monoisotopic (exact) mass is 393 g/mol. The molecule has 156 valence electrons. The molecule has 3 rings (SSSR count). The highest BCUT2D eigenvalue weighted by Crippen LogP contribution is 2.46. The highest BCUT2D eigenvalue weighted by atomic mass is 16.5. The summed E-state index contributed by atoms with van der Waals surface area (Å²) in [6.45, 7) is 16.8. The van der Waals surface area contributed by atoms with Gasteiger partial charge < -0.3 is 9.76 Å². The van der Waals surface area contributed by atoms with Crippen LogP contribution in [-0.2, 0) is 15.5 Å². The van der Waals surface area contributed by atoms with Gasteiger partial charge in [-0.05, 0) is 80.1 Å². The maximum absolute atomic E-state index is 10.3. The summed E-state index contributed by atoms with van der Waals surface area (Å²) in [5.41, 5.74) is 4.94. The SMILES string of the molecule is CC1(C)CCC(C)(C)c2cc(-c3ccc(BOC(C)(C)C(C)(C)O)cn3)ccc21. The molecule has 0 bridgehead atoms. The average Bonchev–Trinajstić information content (AvgIpc) is 2.63. The fourth-order valence-electron chi connectivity index (χ4n) is 3.87. The van der Waals surface area contributed by atoms with E-state index in [4.69, 9.17) is 9.64 Å². The molecule has 4 heteroatoms. The van der Waals surface area contributed by atoms with Crippen molar-refractivity contribution in [3.05, 3.63) is 47.7 Å². The van der Waals surface area contributed by atoms with Crippen molar-refractivity contribution in [1.29, 1.82) is 0 Å². The standard InChI is InChI=1S/C25H36BNO2/c1-22(2)13-14-23(3,4)20-15-17(9-11-19(20)22)21-12-10-18(16-27-21)26-29-25(7,8)24(5,6)28/h9-12,15-16,26,28H,13-14H2,1-8H3. The van der Waals surface area contributed by atoms with Crippen LogP contribution >= 0.6 is 0 Å². The Hall–Kier alpha value is -1.65. The highest BCUT2D eigenvalue weighted by Gasteiger charge is 2.37. The molecule has 2 aromatic rings. The molecule has 0 saturated carbocycles. The van der Waals surface area contributed by atoms with Crippen LogP contribution in [0.2, 0.25) is 0 Å². The average molecular weight is 393 g/mol. The second kappa shape index (κ2) is 7.25. The molecule has 0 atom stereocenters. The summed E-state index contributed by atoms with van der Waals surface area (Å²) in [7, 11) is 0.426. The third-order valence-electron chi connectivity index (χ3n) is 7.05. The predicted octanol–water partition coefficient (Wildman–Crippen LogP) is 4.64. The predicted molar refractivity (Wildman–Crippen MR) is 123 cm³/mol. The Balaban J connectivity index is 1.82. The van der Waals surface area contributed by atoms with E-state index in [0.717, 1.165) is 11.2 Å². The second-order valence-electron chi connectivity index (χ2n) is 10.9. The number of pyridine rings is 1. The van der Waals surface area contributed by atoms with Crippen LogP contribution in [0, 0.1) is 0 Å². The maximum Gasteiger partial charge on any atom is 0.311 e. The van der Waals surface area contributed by atoms with Gasteiger partial charge in [0.05, 0.1) is 16.9 Å². The van der Waals surface area contributed by atoms with Crippen molar-refractivity contribution in [3.8, 4) is 11.3 Å². The molecule has 0 radical (unpaired) electrons. The molecule has 0 amide bonds. The second-order valence-corrected chi connectivity index (χ2v) is 10.9. The summed E-state index contributed by atoms with van der Waals surface area (Å²) in [6.07, 6.45) is 4.31. The van der Waals surface area contributed by atoms with Gasteiger partial charge >= 0.3 is 7.48 Å². The molecule has 29 heavy (non-hydrogen) atoms. The van der Waals surface area contributed by atoms with Crippen molar-refractivity contribution >= 4 is 12.9 Å². The molecule has 0 unspecified atom stereocenters. The van der Waals surface area contributed by atoms with Crippen molar-refractivity contribution in [3.63, 3.8) is 0 Å². The van der Waals surface area contributed by atoms with Crippen molar-refractivity contribution in [1.82, 2.24) is 4.98 Å². The first-order chi connectivity index (χ1) is 13.2. The van der Waals surface area contributed by atoms with Crippen LogP contribution in [0.1, 0.15) is 79.4 Å². The molecule has 0 spiro atoms. The lowest BCUT2D eigenvalue weighted by Gasteiger charge is -2.42. The third-order valence-corrected chi connectivity index (χ3v) is 7.05. The number of nitrogens with zero attached hydrogens (tertiary/aromatic N) is 1. The molecule has 1 N–H and O–H groups in total. The number of hydrogen-bond acceptors (Lipinski definition) is 3. The first-order valence-electron chi connectivity index (χ1n) is 10.7. The molecule has 1 aromatic carbocycles. The third kappa shape index (κ3) is 4.44. The molecule has 0 fully saturated rings. The summed E-state index contributed by atoms with van der Waals surface area (Å²) < 4.78 is 5.96. The molecule has 0 saturated heterocycles. The first-order valence-corrected chi connectivity index (χ1v) is 10.7. The molecule has 1 aliphatic rings. The Morgan fingerprint density at radius 1 is 0.931 bits per heavy atom. The van der Waals surface area contributed by atoms with Crippen LogP contribution < -0.4 is 5.46 Å². The Kier molecular flexibility index (Phi) is 5.51. The van der Waals surface area contributed by atoms with Gasteiger partial charge in [0, 0.05) is 11.8 Å². The van der Waals surface area contributed by atoms with Gasteiger partial charge in [-0.15, -0.1) is 0 Å². The van der Waals surface area contributed by atoms with Gasteiger partial charge in [0.25, 0.3) is 0 Å². The van der Waals surface area contributed by atoms with Crippen LogP contribution in [0.15, 0.2) is 36.5 Å². The summed E-state index contributed by atoms with van der Waals surface area (Å²) in [5, 5.41) is 10.3. The van der Waals surface area contributed by atoms with Gasteiger partial charge in [-0.25, -0.2) is 0 Å². The Labute approximate surface area is 177 Å². The number of benzene rings is 1. The van der Waals surface area contributed by atoms with E-state index in [1.807, 2.05) is 20.0 Å². The molecule has 1 aromatic heterocycles. The van der Waals surface area contributed by atoms with Gasteiger partial charge in [0.1, 0.15) is 0 Å². The van der Waals surface area contributed by atoms with E-state index in [-0.39, 0.29) is 10.8 Å². The smallest absolute Gasteiger partial charge is 0.311 e. The lowest BCUT2D eigenvalue weighted by atomic mass is 9.63. The van der Waals surface area contributed by atoms with E-state index in [0.29, 0.717) is 7.48 Å². The zero-order valence-electron chi connectivity index (χ0n) is 19.4. The van der Waals surface area contributed by atoms with Crippen LogP contribution in [0.25, 0.3) is 11.3 Å². The van der Waals surface area contributed by atoms with Crippen molar-refractivity contribution in [2.45, 2.75) is 90.3 Å². The number of hydrogen-bond donors (Lipinski definition) is 1. The Morgan fingerprint density at radius 3 is 2.10 bits per heavy atom. The molecular weight excluding hydrogens is 357 g/mol. The minimum Gasteiger partial charge on any atom is -0.427 e. The summed E-state index contributed by atoms with van der Waals surface area (Å²) in [6, 6.07) is 11.0. The molecular formula is C25H36BNO2. The van der Waals surface area contributed by atoms with E-state index in [1.54, 1.807) is 13.8 Å². The Morgan fingerprint density at radius 2 is 1.55 bits per heavy atom. The molecule has 1 heterocycles. The van der Waals surface area contributed by atoms with Gasteiger partial charge in [0.15, 0.2) is 0 Å². The Bertz CT molecular complexity index is 877. The summed E-state index contributed by atoms with van der Waals surface area (Å²) in [5.74, 6) is 0. The largest absolute Gasteiger partial charge is 0.427 e. The zero-order valence-corrected chi connectivity index (χ0v) is 19.4. The summed E-state index contributed by atoms with van der Waals surface area (Å²) in [4.78, 5) is 4.70. The van der Waals surface area contributed by atoms with Gasteiger partial charge in [-0.2, -0.15) is 0 Å². The molecule has 0 aliphatic heterocycles. The van der Waals surface area contributed by atoms with Crippen molar-refractivity contribution < 1.29 is 9.76 Å². The quantitative estimate of drug-likeness (QED) is 0.753. The van der Waals surface area contributed by atoms with E-state index >= 15 is 0 Å². The van der Waals surface area contributed by atoms with Gasteiger partial charge in [-0.1, -0.05) is 45.9 Å². The fraction of sp³-hybridized carbons (Fsp3) is 0.560. The van der Waals surface area contributed by atoms with Crippen molar-refractivity contribution in [2.75, 3.05) is 0 Å². The van der Waals surface area contributed by atoms with E-state index in [2.05, 4.69) is 58.0 Å². The van der Waals surface area contributed by atoms with Crippen LogP contribution in [0.3, 0.4) is 0 Å². The zero-order chi connectivity index (χ0) is 21.7. The first kappa shape index (κ1) is 22.0. The minimum atomic E-state index is -0.913. The lowest BCUT2D eigenvalue weighted by molar-refractivity contribution is -0.0893.